The van der Waals surface area contributed by atoms with Gasteiger partial charge in [0.2, 0.25) is 5.91 Å². The van der Waals surface area contributed by atoms with Crippen molar-refractivity contribution in [3.05, 3.63) is 26.6 Å². The molecule has 2 atom stereocenters. The molecule has 0 radical (unpaired) electrons. The molecule has 1 aromatic rings. The van der Waals surface area contributed by atoms with Crippen molar-refractivity contribution < 1.29 is 18.0 Å². The van der Waals surface area contributed by atoms with Crippen molar-refractivity contribution in [2.45, 2.75) is 44.4 Å². The average molecular weight is 372 g/mol. The Morgan fingerprint density at radius 3 is 2.65 bits per heavy atom. The van der Waals surface area contributed by atoms with Gasteiger partial charge in [-0.05, 0) is 12.8 Å². The normalized spacial score (nSPS) is 22.0. The van der Waals surface area contributed by atoms with E-state index in [1.807, 2.05) is 0 Å². The van der Waals surface area contributed by atoms with Crippen LogP contribution in [0, 0.1) is 5.92 Å². The van der Waals surface area contributed by atoms with Gasteiger partial charge in [-0.15, -0.1) is 0 Å². The number of hydrogen-bond donors (Lipinski definition) is 1. The molecule has 2 unspecified atom stereocenters. The Bertz CT molecular complexity index is 648. The molecule has 0 aromatic carbocycles. The van der Waals surface area contributed by atoms with Crippen LogP contribution in [-0.2, 0) is 11.3 Å². The maximum absolute atomic E-state index is 13.0. The molecule has 1 N–H and O–H groups in total. The number of aromatic nitrogens is 2. The summed E-state index contributed by atoms with van der Waals surface area (Å²) in [5.74, 6) is -2.29. The molecule has 1 aromatic heterocycles. The Morgan fingerprint density at radius 2 is 2.00 bits per heavy atom. The third kappa shape index (κ3) is 4.38. The van der Waals surface area contributed by atoms with Gasteiger partial charge in [-0.2, -0.15) is 18.3 Å². The highest BCUT2D eigenvalue weighted by Gasteiger charge is 2.45. The predicted octanol–water partition coefficient (Wildman–Crippen LogP) is 2.79. The van der Waals surface area contributed by atoms with Crippen LogP contribution in [0.25, 0.3) is 0 Å². The van der Waals surface area contributed by atoms with Gasteiger partial charge >= 0.3 is 6.18 Å². The Balaban J connectivity index is 2.07. The standard InChI is InChI=1S/C13H14Cl2F3N3O2/c14-8-5-19-21(12(23)11(8)15)6-10(22)20-9-4-2-1-3-7(9)13(16,17)18/h5,7,9H,1-4,6H2,(H,20,22). The summed E-state index contributed by atoms with van der Waals surface area (Å²) in [5.41, 5.74) is -0.773. The molecule has 128 valence electrons. The van der Waals surface area contributed by atoms with E-state index < -0.39 is 36.1 Å². The van der Waals surface area contributed by atoms with Gasteiger partial charge in [0.25, 0.3) is 5.56 Å². The van der Waals surface area contributed by atoms with Gasteiger partial charge in [0.05, 0.1) is 17.1 Å². The third-order valence-corrected chi connectivity index (χ3v) is 4.52. The van der Waals surface area contributed by atoms with E-state index in [9.17, 15) is 22.8 Å². The lowest BCUT2D eigenvalue weighted by atomic mass is 9.84. The summed E-state index contributed by atoms with van der Waals surface area (Å²) in [6, 6.07) is -0.991. The van der Waals surface area contributed by atoms with Crippen LogP contribution >= 0.6 is 23.2 Å². The summed E-state index contributed by atoms with van der Waals surface area (Å²) in [6.45, 7) is -0.517. The minimum Gasteiger partial charge on any atom is -0.351 e. The van der Waals surface area contributed by atoms with Crippen molar-refractivity contribution in [1.82, 2.24) is 15.1 Å². The summed E-state index contributed by atoms with van der Waals surface area (Å²) < 4.78 is 39.7. The lowest BCUT2D eigenvalue weighted by Crippen LogP contribution is -2.49. The molecular weight excluding hydrogens is 358 g/mol. The number of nitrogens with one attached hydrogen (secondary N) is 1. The minimum absolute atomic E-state index is 0.0145. The molecule has 0 aliphatic heterocycles. The van der Waals surface area contributed by atoms with E-state index in [1.165, 1.54) is 0 Å². The van der Waals surface area contributed by atoms with Crippen molar-refractivity contribution in [2.75, 3.05) is 0 Å². The van der Waals surface area contributed by atoms with Crippen LogP contribution < -0.4 is 10.9 Å². The first-order valence-electron chi connectivity index (χ1n) is 6.97. The van der Waals surface area contributed by atoms with Crippen molar-refractivity contribution in [2.24, 2.45) is 5.92 Å². The van der Waals surface area contributed by atoms with Crippen LogP contribution in [0.1, 0.15) is 25.7 Å². The van der Waals surface area contributed by atoms with Crippen molar-refractivity contribution in [1.29, 1.82) is 0 Å². The molecule has 1 aliphatic carbocycles. The van der Waals surface area contributed by atoms with Crippen LogP contribution in [-0.4, -0.2) is 27.9 Å². The van der Waals surface area contributed by atoms with Gasteiger partial charge in [-0.1, -0.05) is 36.0 Å². The number of hydrogen-bond acceptors (Lipinski definition) is 3. The number of alkyl halides is 3. The van der Waals surface area contributed by atoms with Crippen molar-refractivity contribution in [3.63, 3.8) is 0 Å². The molecule has 5 nitrogen and oxygen atoms in total. The average Bonchev–Trinajstić information content (AvgIpc) is 2.47. The quantitative estimate of drug-likeness (QED) is 0.888. The summed E-state index contributed by atoms with van der Waals surface area (Å²) in [5, 5.41) is 5.65. The fourth-order valence-corrected chi connectivity index (χ4v) is 2.91. The molecule has 0 spiro atoms. The number of amides is 1. The number of nitrogens with zero attached hydrogens (tertiary/aromatic N) is 2. The monoisotopic (exact) mass is 371 g/mol. The zero-order valence-corrected chi connectivity index (χ0v) is 13.4. The molecule has 1 fully saturated rings. The molecule has 1 saturated carbocycles. The van der Waals surface area contributed by atoms with Gasteiger partial charge in [-0.3, -0.25) is 9.59 Å². The highest BCUT2D eigenvalue weighted by Crippen LogP contribution is 2.37. The van der Waals surface area contributed by atoms with Crippen LogP contribution in [0.2, 0.25) is 10.0 Å². The fraction of sp³-hybridized carbons (Fsp3) is 0.615. The topological polar surface area (TPSA) is 64.0 Å². The zero-order chi connectivity index (χ0) is 17.2. The Labute approximate surface area is 139 Å². The Hall–Kier alpha value is -1.28. The summed E-state index contributed by atoms with van der Waals surface area (Å²) >= 11 is 11.3. The number of carbonyl (C=O) groups is 1. The zero-order valence-electron chi connectivity index (χ0n) is 11.9. The van der Waals surface area contributed by atoms with E-state index in [0.717, 1.165) is 10.9 Å². The van der Waals surface area contributed by atoms with E-state index in [4.69, 9.17) is 23.2 Å². The summed E-state index contributed by atoms with van der Waals surface area (Å²) in [7, 11) is 0. The second kappa shape index (κ2) is 7.09. The molecule has 10 heteroatoms. The number of rotatable bonds is 3. The molecule has 1 heterocycles. The molecule has 2 rings (SSSR count). The third-order valence-electron chi connectivity index (χ3n) is 3.77. The maximum Gasteiger partial charge on any atom is 0.393 e. The van der Waals surface area contributed by atoms with E-state index in [-0.39, 0.29) is 22.9 Å². The largest absolute Gasteiger partial charge is 0.393 e. The molecule has 23 heavy (non-hydrogen) atoms. The lowest BCUT2D eigenvalue weighted by Gasteiger charge is -2.33. The van der Waals surface area contributed by atoms with Crippen LogP contribution in [0.5, 0.6) is 0 Å². The first kappa shape index (κ1) is 18.1. The van der Waals surface area contributed by atoms with Gasteiger partial charge in [0.15, 0.2) is 0 Å². The highest BCUT2D eigenvalue weighted by atomic mass is 35.5. The molecule has 1 aliphatic rings. The second-order valence-corrected chi connectivity index (χ2v) is 6.16. The SMILES string of the molecule is O=C(Cn1ncc(Cl)c(Cl)c1=O)NC1CCCCC1C(F)(F)F. The molecule has 1 amide bonds. The lowest BCUT2D eigenvalue weighted by molar-refractivity contribution is -0.189. The number of carbonyl (C=O) groups excluding carboxylic acids is 1. The summed E-state index contributed by atoms with van der Waals surface area (Å²) in [4.78, 5) is 23.7. The second-order valence-electron chi connectivity index (χ2n) is 5.38. The van der Waals surface area contributed by atoms with Crippen molar-refractivity contribution in [3.8, 4) is 0 Å². The van der Waals surface area contributed by atoms with Crippen LogP contribution in [0.3, 0.4) is 0 Å². The maximum atomic E-state index is 13.0. The Kier molecular flexibility index (Phi) is 5.57. The van der Waals surface area contributed by atoms with Crippen molar-refractivity contribution >= 4 is 29.1 Å². The van der Waals surface area contributed by atoms with E-state index in [0.29, 0.717) is 12.8 Å². The fourth-order valence-electron chi connectivity index (χ4n) is 2.64. The van der Waals surface area contributed by atoms with Crippen LogP contribution in [0.4, 0.5) is 13.2 Å². The van der Waals surface area contributed by atoms with Gasteiger partial charge in [0.1, 0.15) is 11.6 Å². The summed E-state index contributed by atoms with van der Waals surface area (Å²) in [6.07, 6.45) is -1.94. The minimum atomic E-state index is -4.36. The molecular formula is C13H14Cl2F3N3O2. The molecule has 0 saturated heterocycles. The first-order chi connectivity index (χ1) is 10.7. The van der Waals surface area contributed by atoms with Gasteiger partial charge < -0.3 is 5.32 Å². The first-order valence-corrected chi connectivity index (χ1v) is 7.73. The van der Waals surface area contributed by atoms with E-state index in [1.54, 1.807) is 0 Å². The Morgan fingerprint density at radius 1 is 1.35 bits per heavy atom. The van der Waals surface area contributed by atoms with Gasteiger partial charge in [-0.25, -0.2) is 4.68 Å². The van der Waals surface area contributed by atoms with E-state index in [2.05, 4.69) is 10.4 Å². The smallest absolute Gasteiger partial charge is 0.351 e. The van der Waals surface area contributed by atoms with Gasteiger partial charge in [0, 0.05) is 6.04 Å². The predicted molar refractivity (Wildman–Crippen MR) is 78.5 cm³/mol. The highest BCUT2D eigenvalue weighted by molar-refractivity contribution is 6.41. The molecule has 0 bridgehead atoms. The number of halogens is 5. The van der Waals surface area contributed by atoms with E-state index >= 15 is 0 Å². The van der Waals surface area contributed by atoms with Crippen LogP contribution in [0.15, 0.2) is 11.0 Å².